The second kappa shape index (κ2) is 8.01. The van der Waals surface area contributed by atoms with Crippen LogP contribution in [0.3, 0.4) is 0 Å². The molecular weight excluding hydrogens is 328 g/mol. The van der Waals surface area contributed by atoms with E-state index in [1.807, 2.05) is 30.5 Å². The number of urea groups is 1. The van der Waals surface area contributed by atoms with Gasteiger partial charge in [-0.1, -0.05) is 12.1 Å². The van der Waals surface area contributed by atoms with Gasteiger partial charge in [0.05, 0.1) is 12.3 Å². The molecule has 2 aromatic rings. The Morgan fingerprint density at radius 3 is 3.00 bits per heavy atom. The lowest BCUT2D eigenvalue weighted by Gasteiger charge is -2.32. The summed E-state index contributed by atoms with van der Waals surface area (Å²) >= 11 is 0. The van der Waals surface area contributed by atoms with Gasteiger partial charge in [0.15, 0.2) is 0 Å². The third kappa shape index (κ3) is 3.81. The Hall–Kier alpha value is -2.18. The van der Waals surface area contributed by atoms with Crippen molar-refractivity contribution >= 4 is 22.5 Å². The minimum Gasteiger partial charge on any atom is -0.381 e. The molecule has 1 aromatic heterocycles. The Labute approximate surface area is 153 Å². The number of rotatable bonds is 5. The molecule has 1 aromatic carbocycles. The molecule has 6 nitrogen and oxygen atoms in total. The second-order valence-corrected chi connectivity index (χ2v) is 7.17. The number of ether oxygens (including phenoxy) is 1. The fourth-order valence-corrected chi connectivity index (χ4v) is 4.12. The van der Waals surface area contributed by atoms with Crippen LogP contribution in [0, 0.1) is 5.92 Å². The van der Waals surface area contributed by atoms with Crippen molar-refractivity contribution in [3.05, 3.63) is 36.7 Å². The molecular formula is C20H26N4O2. The minimum absolute atomic E-state index is 0.155. The summed E-state index contributed by atoms with van der Waals surface area (Å²) in [5.41, 5.74) is 0.810. The Bertz CT molecular complexity index is 733. The maximum absolute atomic E-state index is 12.5. The molecule has 0 bridgehead atoms. The van der Waals surface area contributed by atoms with Crippen LogP contribution in [0.2, 0.25) is 0 Å². The zero-order chi connectivity index (χ0) is 17.8. The number of hydrogen-bond donors (Lipinski definition) is 2. The van der Waals surface area contributed by atoms with Crippen molar-refractivity contribution in [2.45, 2.75) is 25.3 Å². The van der Waals surface area contributed by atoms with Crippen LogP contribution < -0.4 is 10.6 Å². The van der Waals surface area contributed by atoms with Gasteiger partial charge in [0.25, 0.3) is 0 Å². The standard InChI is InChI=1S/C20H26N4O2/c25-20(23-18-5-3-4-15-12-21-8-6-17(15)18)22-13-19(16-7-11-26-14-16)24-9-1-2-10-24/h3-6,8,12,16,19H,1-2,7,9-11,13-14H2,(H2,22,23,25)/t16-,19-/m0/s1. The number of aromatic nitrogens is 1. The summed E-state index contributed by atoms with van der Waals surface area (Å²) in [6.07, 6.45) is 7.14. The molecule has 2 saturated heterocycles. The molecule has 138 valence electrons. The van der Waals surface area contributed by atoms with Crippen molar-refractivity contribution in [3.63, 3.8) is 0 Å². The first kappa shape index (κ1) is 17.2. The van der Waals surface area contributed by atoms with Gasteiger partial charge in [0.1, 0.15) is 0 Å². The van der Waals surface area contributed by atoms with Crippen LogP contribution >= 0.6 is 0 Å². The number of carbonyl (C=O) groups excluding carboxylic acids is 1. The lowest BCUT2D eigenvalue weighted by molar-refractivity contribution is 0.135. The molecule has 2 aliphatic heterocycles. The Balaban J connectivity index is 1.40. The van der Waals surface area contributed by atoms with E-state index in [0.717, 1.165) is 49.2 Å². The molecule has 0 unspecified atom stereocenters. The zero-order valence-electron chi connectivity index (χ0n) is 15.0. The Morgan fingerprint density at radius 2 is 2.19 bits per heavy atom. The molecule has 4 rings (SSSR count). The van der Waals surface area contributed by atoms with E-state index in [0.29, 0.717) is 18.5 Å². The smallest absolute Gasteiger partial charge is 0.319 e. The quantitative estimate of drug-likeness (QED) is 0.866. The average molecular weight is 354 g/mol. The highest BCUT2D eigenvalue weighted by Crippen LogP contribution is 2.25. The van der Waals surface area contributed by atoms with E-state index in [-0.39, 0.29) is 6.03 Å². The molecule has 0 radical (unpaired) electrons. The molecule has 0 spiro atoms. The number of nitrogens with one attached hydrogen (secondary N) is 2. The van der Waals surface area contributed by atoms with Gasteiger partial charge in [0, 0.05) is 48.3 Å². The third-order valence-electron chi connectivity index (χ3n) is 5.52. The topological polar surface area (TPSA) is 66.5 Å². The predicted molar refractivity (Wildman–Crippen MR) is 102 cm³/mol. The minimum atomic E-state index is -0.155. The molecule has 2 atom stereocenters. The Kier molecular flexibility index (Phi) is 5.32. The molecule has 3 heterocycles. The summed E-state index contributed by atoms with van der Waals surface area (Å²) in [6.45, 7) is 4.56. The van der Waals surface area contributed by atoms with E-state index in [1.54, 1.807) is 6.20 Å². The first-order chi connectivity index (χ1) is 12.8. The lowest BCUT2D eigenvalue weighted by atomic mass is 9.97. The van der Waals surface area contributed by atoms with Crippen LogP contribution in [0.15, 0.2) is 36.7 Å². The largest absolute Gasteiger partial charge is 0.381 e. The van der Waals surface area contributed by atoms with Crippen LogP contribution in [-0.4, -0.2) is 54.8 Å². The van der Waals surface area contributed by atoms with Crippen molar-refractivity contribution in [1.82, 2.24) is 15.2 Å². The lowest BCUT2D eigenvalue weighted by Crippen LogP contribution is -2.48. The predicted octanol–water partition coefficient (Wildman–Crippen LogP) is 2.86. The zero-order valence-corrected chi connectivity index (χ0v) is 15.0. The number of hydrogen-bond acceptors (Lipinski definition) is 4. The van der Waals surface area contributed by atoms with E-state index >= 15 is 0 Å². The maximum Gasteiger partial charge on any atom is 0.319 e. The highest BCUT2D eigenvalue weighted by Gasteiger charge is 2.32. The fraction of sp³-hybridized carbons (Fsp3) is 0.500. The summed E-state index contributed by atoms with van der Waals surface area (Å²) in [4.78, 5) is 19.2. The van der Waals surface area contributed by atoms with Crippen molar-refractivity contribution in [3.8, 4) is 0 Å². The summed E-state index contributed by atoms with van der Waals surface area (Å²) in [5, 5.41) is 8.10. The fourth-order valence-electron chi connectivity index (χ4n) is 4.12. The SMILES string of the molecule is O=C(NC[C@@H]([C@H]1CCOC1)N1CCCC1)Nc1cccc2cnccc12. The van der Waals surface area contributed by atoms with Gasteiger partial charge in [-0.15, -0.1) is 0 Å². The molecule has 0 saturated carbocycles. The van der Waals surface area contributed by atoms with E-state index in [1.165, 1.54) is 12.8 Å². The summed E-state index contributed by atoms with van der Waals surface area (Å²) in [6, 6.07) is 7.98. The van der Waals surface area contributed by atoms with Gasteiger partial charge in [-0.2, -0.15) is 0 Å². The normalized spacial score (nSPS) is 21.8. The first-order valence-corrected chi connectivity index (χ1v) is 9.50. The van der Waals surface area contributed by atoms with Gasteiger partial charge in [0.2, 0.25) is 0 Å². The maximum atomic E-state index is 12.5. The molecule has 2 fully saturated rings. The molecule has 2 amide bonds. The molecule has 2 aliphatic rings. The van der Waals surface area contributed by atoms with Crippen LogP contribution in [0.5, 0.6) is 0 Å². The number of carbonyl (C=O) groups is 1. The van der Waals surface area contributed by atoms with Crippen molar-refractivity contribution in [2.75, 3.05) is 38.2 Å². The van der Waals surface area contributed by atoms with Crippen LogP contribution in [0.25, 0.3) is 10.8 Å². The van der Waals surface area contributed by atoms with Gasteiger partial charge in [-0.25, -0.2) is 4.79 Å². The van der Waals surface area contributed by atoms with E-state index in [2.05, 4.69) is 20.5 Å². The van der Waals surface area contributed by atoms with E-state index in [4.69, 9.17) is 4.74 Å². The first-order valence-electron chi connectivity index (χ1n) is 9.50. The molecule has 26 heavy (non-hydrogen) atoms. The number of pyridine rings is 1. The molecule has 6 heteroatoms. The summed E-state index contributed by atoms with van der Waals surface area (Å²) in [5.74, 6) is 0.511. The van der Waals surface area contributed by atoms with E-state index in [9.17, 15) is 4.79 Å². The molecule has 2 N–H and O–H groups in total. The van der Waals surface area contributed by atoms with E-state index < -0.39 is 0 Å². The van der Waals surface area contributed by atoms with Crippen LogP contribution in [0.4, 0.5) is 10.5 Å². The molecule has 0 aliphatic carbocycles. The number of benzene rings is 1. The van der Waals surface area contributed by atoms with Gasteiger partial charge in [-0.3, -0.25) is 9.88 Å². The van der Waals surface area contributed by atoms with Crippen LogP contribution in [0.1, 0.15) is 19.3 Å². The average Bonchev–Trinajstić information content (AvgIpc) is 3.37. The van der Waals surface area contributed by atoms with Crippen molar-refractivity contribution < 1.29 is 9.53 Å². The summed E-state index contributed by atoms with van der Waals surface area (Å²) < 4.78 is 5.59. The second-order valence-electron chi connectivity index (χ2n) is 7.17. The summed E-state index contributed by atoms with van der Waals surface area (Å²) in [7, 11) is 0. The number of fused-ring (bicyclic) bond motifs is 1. The highest BCUT2D eigenvalue weighted by molar-refractivity contribution is 6.01. The highest BCUT2D eigenvalue weighted by atomic mass is 16.5. The van der Waals surface area contributed by atoms with Crippen LogP contribution in [-0.2, 0) is 4.74 Å². The van der Waals surface area contributed by atoms with Gasteiger partial charge in [-0.05, 0) is 44.5 Å². The Morgan fingerprint density at radius 1 is 1.31 bits per heavy atom. The monoisotopic (exact) mass is 354 g/mol. The number of nitrogens with zero attached hydrogens (tertiary/aromatic N) is 2. The number of amides is 2. The number of likely N-dealkylation sites (tertiary alicyclic amines) is 1. The number of anilines is 1. The van der Waals surface area contributed by atoms with Gasteiger partial charge >= 0.3 is 6.03 Å². The van der Waals surface area contributed by atoms with Crippen molar-refractivity contribution in [2.24, 2.45) is 5.92 Å². The van der Waals surface area contributed by atoms with Gasteiger partial charge < -0.3 is 15.4 Å². The third-order valence-corrected chi connectivity index (χ3v) is 5.52. The van der Waals surface area contributed by atoms with Crippen molar-refractivity contribution in [1.29, 1.82) is 0 Å².